The number of nitrogens with one attached hydrogen (secondary N) is 1. The second kappa shape index (κ2) is 11.2. The summed E-state index contributed by atoms with van der Waals surface area (Å²) in [5.41, 5.74) is 0.620. The summed E-state index contributed by atoms with van der Waals surface area (Å²) in [7, 11) is 1.56. The first-order valence-corrected chi connectivity index (χ1v) is 3.46. The van der Waals surface area contributed by atoms with E-state index in [4.69, 9.17) is 0 Å². The van der Waals surface area contributed by atoms with Gasteiger partial charge in [0.15, 0.2) is 5.78 Å². The van der Waals surface area contributed by atoms with Gasteiger partial charge in [-0.3, -0.25) is 9.59 Å². The molecule has 0 spiro atoms. The summed E-state index contributed by atoms with van der Waals surface area (Å²) in [5, 5.41) is 2.36. The third-order valence-corrected chi connectivity index (χ3v) is 1.03. The van der Waals surface area contributed by atoms with Crippen molar-refractivity contribution >= 4 is 11.7 Å². The molecule has 0 aliphatic carbocycles. The molecule has 0 heterocycles. The number of carbonyl (C=O) groups is 2. The number of likely N-dealkylation sites (N-methyl/N-ethyl adjacent to an activating group) is 1. The fraction of sp³-hybridized carbons (Fsp3) is 0.333. The molecule has 0 aromatic heterocycles. The van der Waals surface area contributed by atoms with Crippen molar-refractivity contribution in [1.82, 2.24) is 5.32 Å². The fourth-order valence-electron chi connectivity index (χ4n) is 0.102. The molecule has 1 amide bonds. The molecule has 0 aliphatic heterocycles. The minimum absolute atomic E-state index is 0. The van der Waals surface area contributed by atoms with E-state index in [-0.39, 0.29) is 30.2 Å². The maximum atomic E-state index is 10.0. The van der Waals surface area contributed by atoms with Crippen LogP contribution in [0, 0.1) is 0 Å². The SMILES string of the molecule is C=C(C)C(C)=O.C=CC(=O)NC.[V]. The van der Waals surface area contributed by atoms with Gasteiger partial charge in [-0.25, -0.2) is 0 Å². The van der Waals surface area contributed by atoms with Gasteiger partial charge in [-0.1, -0.05) is 13.2 Å². The van der Waals surface area contributed by atoms with Gasteiger partial charge in [-0.05, 0) is 25.5 Å². The summed E-state index contributed by atoms with van der Waals surface area (Å²) < 4.78 is 0. The summed E-state index contributed by atoms with van der Waals surface area (Å²) in [6.45, 7) is 9.82. The molecule has 0 atom stereocenters. The number of rotatable bonds is 2. The Morgan fingerprint density at radius 3 is 1.62 bits per heavy atom. The third-order valence-electron chi connectivity index (χ3n) is 1.03. The molecule has 0 aromatic carbocycles. The van der Waals surface area contributed by atoms with Gasteiger partial charge in [0, 0.05) is 25.6 Å². The van der Waals surface area contributed by atoms with E-state index in [0.717, 1.165) is 0 Å². The van der Waals surface area contributed by atoms with E-state index >= 15 is 0 Å². The maximum Gasteiger partial charge on any atom is 0.243 e. The van der Waals surface area contributed by atoms with Gasteiger partial charge in [-0.15, -0.1) is 0 Å². The van der Waals surface area contributed by atoms with E-state index < -0.39 is 0 Å². The van der Waals surface area contributed by atoms with Gasteiger partial charge in [-0.2, -0.15) is 0 Å². The van der Waals surface area contributed by atoms with E-state index in [1.165, 1.54) is 13.0 Å². The summed E-state index contributed by atoms with van der Waals surface area (Å²) in [6.07, 6.45) is 1.22. The molecule has 0 fully saturated rings. The summed E-state index contributed by atoms with van der Waals surface area (Å²) in [6, 6.07) is 0. The Morgan fingerprint density at radius 1 is 1.31 bits per heavy atom. The van der Waals surface area contributed by atoms with Crippen LogP contribution in [0.2, 0.25) is 0 Å². The van der Waals surface area contributed by atoms with Gasteiger partial charge in [0.25, 0.3) is 0 Å². The van der Waals surface area contributed by atoms with Crippen LogP contribution < -0.4 is 5.32 Å². The monoisotopic (exact) mass is 220 g/mol. The number of Topliss-reactive ketones (excluding diaryl/α,β-unsaturated/α-hetero) is 1. The Morgan fingerprint density at radius 2 is 1.62 bits per heavy atom. The molecule has 1 N–H and O–H groups in total. The Labute approximate surface area is 91.2 Å². The molecule has 0 aromatic rings. The third kappa shape index (κ3) is 18.3. The first-order chi connectivity index (χ1) is 5.45. The van der Waals surface area contributed by atoms with Gasteiger partial charge < -0.3 is 5.32 Å². The van der Waals surface area contributed by atoms with Crippen LogP contribution in [0.5, 0.6) is 0 Å². The number of amides is 1. The molecular formula is C9H15NO2V. The number of allylic oxidation sites excluding steroid dienone is 1. The standard InChI is InChI=1S/C5H8O.C4H7NO.V/c1-4(2)5(3)6;1-3-4(6)5-2;/h1H2,2-3H3;3H,1H2,2H3,(H,5,6);. The summed E-state index contributed by atoms with van der Waals surface area (Å²) >= 11 is 0. The van der Waals surface area contributed by atoms with Gasteiger partial charge in [0.1, 0.15) is 0 Å². The van der Waals surface area contributed by atoms with Gasteiger partial charge in [0.05, 0.1) is 0 Å². The van der Waals surface area contributed by atoms with Crippen LogP contribution in [-0.2, 0) is 28.1 Å². The number of hydrogen-bond acceptors (Lipinski definition) is 2. The zero-order valence-electron chi connectivity index (χ0n) is 8.26. The predicted octanol–water partition coefficient (Wildman–Crippen LogP) is 1.07. The second-order valence-corrected chi connectivity index (χ2v) is 2.15. The Bertz CT molecular complexity index is 185. The second-order valence-electron chi connectivity index (χ2n) is 2.15. The number of carbonyl (C=O) groups excluding carboxylic acids is 2. The van der Waals surface area contributed by atoms with E-state index in [1.54, 1.807) is 14.0 Å². The molecule has 0 bridgehead atoms. The van der Waals surface area contributed by atoms with Crippen LogP contribution >= 0.6 is 0 Å². The first-order valence-electron chi connectivity index (χ1n) is 3.46. The quantitative estimate of drug-likeness (QED) is 0.707. The van der Waals surface area contributed by atoms with E-state index in [0.29, 0.717) is 5.57 Å². The van der Waals surface area contributed by atoms with Crippen LogP contribution in [0.4, 0.5) is 0 Å². The van der Waals surface area contributed by atoms with Crippen LogP contribution in [-0.4, -0.2) is 18.7 Å². The van der Waals surface area contributed by atoms with Crippen molar-refractivity contribution < 1.29 is 28.1 Å². The van der Waals surface area contributed by atoms with E-state index in [9.17, 15) is 9.59 Å². The molecule has 3 nitrogen and oxygen atoms in total. The van der Waals surface area contributed by atoms with E-state index in [1.807, 2.05) is 0 Å². The Kier molecular flexibility index (Phi) is 15.6. The van der Waals surface area contributed by atoms with Crippen molar-refractivity contribution in [3.8, 4) is 0 Å². The molecular weight excluding hydrogens is 205 g/mol. The summed E-state index contributed by atoms with van der Waals surface area (Å²) in [4.78, 5) is 20.0. The number of ketones is 1. The zero-order chi connectivity index (χ0) is 10.1. The smallest absolute Gasteiger partial charge is 0.243 e. The van der Waals surface area contributed by atoms with Crippen molar-refractivity contribution in [3.63, 3.8) is 0 Å². The van der Waals surface area contributed by atoms with Gasteiger partial charge in [0.2, 0.25) is 5.91 Å². The topological polar surface area (TPSA) is 46.2 Å². The largest absolute Gasteiger partial charge is 0.356 e. The summed E-state index contributed by atoms with van der Waals surface area (Å²) in [5.74, 6) is -0.0787. The molecule has 4 heteroatoms. The molecule has 0 saturated carbocycles. The van der Waals surface area contributed by atoms with Crippen molar-refractivity contribution in [2.24, 2.45) is 0 Å². The maximum absolute atomic E-state index is 10.0. The van der Waals surface area contributed by atoms with Crippen LogP contribution in [0.1, 0.15) is 13.8 Å². The number of hydrogen-bond donors (Lipinski definition) is 1. The molecule has 0 saturated heterocycles. The Balaban J connectivity index is -0.000000143. The minimum Gasteiger partial charge on any atom is -0.356 e. The first kappa shape index (κ1) is 18.1. The Hall–Kier alpha value is -0.796. The average molecular weight is 220 g/mol. The molecule has 73 valence electrons. The van der Waals surface area contributed by atoms with Crippen LogP contribution in [0.15, 0.2) is 24.8 Å². The molecule has 0 unspecified atom stereocenters. The van der Waals surface area contributed by atoms with E-state index in [2.05, 4.69) is 18.5 Å². The predicted molar refractivity (Wildman–Crippen MR) is 49.8 cm³/mol. The van der Waals surface area contributed by atoms with Crippen molar-refractivity contribution in [1.29, 1.82) is 0 Å². The normalized spacial score (nSPS) is 6.69. The van der Waals surface area contributed by atoms with Crippen molar-refractivity contribution in [2.75, 3.05) is 7.05 Å². The van der Waals surface area contributed by atoms with Crippen molar-refractivity contribution in [3.05, 3.63) is 24.8 Å². The fourth-order valence-corrected chi connectivity index (χ4v) is 0.102. The molecule has 0 rings (SSSR count). The van der Waals surface area contributed by atoms with Crippen molar-refractivity contribution in [2.45, 2.75) is 13.8 Å². The molecule has 1 radical (unpaired) electrons. The zero-order valence-corrected chi connectivity index (χ0v) is 9.65. The molecule has 0 aliphatic rings. The van der Waals surface area contributed by atoms with Crippen LogP contribution in [0.3, 0.4) is 0 Å². The average Bonchev–Trinajstić information content (AvgIpc) is 2.04. The minimum atomic E-state index is -0.144. The molecule has 13 heavy (non-hydrogen) atoms. The van der Waals surface area contributed by atoms with Crippen LogP contribution in [0.25, 0.3) is 0 Å². The van der Waals surface area contributed by atoms with Gasteiger partial charge >= 0.3 is 0 Å².